The van der Waals surface area contributed by atoms with Gasteiger partial charge in [0.2, 0.25) is 0 Å². The van der Waals surface area contributed by atoms with Gasteiger partial charge >= 0.3 is 6.03 Å². The third-order valence-electron chi connectivity index (χ3n) is 6.16. The second kappa shape index (κ2) is 8.37. The molecule has 0 saturated carbocycles. The molecule has 0 unspecified atom stereocenters. The summed E-state index contributed by atoms with van der Waals surface area (Å²) in [7, 11) is 0. The van der Waals surface area contributed by atoms with Gasteiger partial charge in [-0.25, -0.2) is 9.69 Å². The quantitative estimate of drug-likeness (QED) is 0.768. The van der Waals surface area contributed by atoms with Crippen molar-refractivity contribution in [1.29, 1.82) is 0 Å². The normalized spacial score (nSPS) is 20.1. The van der Waals surface area contributed by atoms with E-state index in [1.807, 2.05) is 60.7 Å². The first kappa shape index (κ1) is 19.6. The Bertz CT molecular complexity index is 803. The Balaban J connectivity index is 1.58. The van der Waals surface area contributed by atoms with Crippen molar-refractivity contribution in [2.45, 2.75) is 38.1 Å². The van der Waals surface area contributed by atoms with Crippen molar-refractivity contribution in [2.24, 2.45) is 5.92 Å². The Morgan fingerprint density at radius 1 is 0.897 bits per heavy atom. The minimum absolute atomic E-state index is 0.117. The van der Waals surface area contributed by atoms with Crippen molar-refractivity contribution in [1.82, 2.24) is 15.1 Å². The smallest absolute Gasteiger partial charge is 0.322 e. The molecule has 2 saturated heterocycles. The monoisotopic (exact) mass is 391 g/mol. The largest absolute Gasteiger partial charge is 0.326 e. The van der Waals surface area contributed by atoms with Gasteiger partial charge in [0, 0.05) is 25.9 Å². The van der Waals surface area contributed by atoms with Crippen LogP contribution in [0.1, 0.15) is 30.9 Å². The Labute approximate surface area is 172 Å². The van der Waals surface area contributed by atoms with Crippen LogP contribution in [0.25, 0.3) is 0 Å². The van der Waals surface area contributed by atoms with Crippen LogP contribution in [0, 0.1) is 5.92 Å². The maximum absolute atomic E-state index is 13.6. The molecule has 0 spiro atoms. The van der Waals surface area contributed by atoms with Crippen LogP contribution in [0.3, 0.4) is 0 Å². The van der Waals surface area contributed by atoms with E-state index in [2.05, 4.69) is 17.1 Å². The Morgan fingerprint density at radius 2 is 1.41 bits per heavy atom. The zero-order chi connectivity index (χ0) is 20.3. The zero-order valence-electron chi connectivity index (χ0n) is 17.0. The molecular weight excluding hydrogens is 362 g/mol. The molecular formula is C24H29N3O2. The second-order valence-corrected chi connectivity index (χ2v) is 8.51. The van der Waals surface area contributed by atoms with Crippen LogP contribution in [-0.4, -0.2) is 47.0 Å². The van der Waals surface area contributed by atoms with Crippen LogP contribution < -0.4 is 5.32 Å². The van der Waals surface area contributed by atoms with Gasteiger partial charge in [-0.2, -0.15) is 0 Å². The fourth-order valence-electron chi connectivity index (χ4n) is 4.40. The lowest BCUT2D eigenvalue weighted by atomic mass is 9.84. The minimum atomic E-state index is -0.942. The standard InChI is InChI=1S/C24H29N3O2/c1-19-12-14-26(15-13-19)18-27-22(28)24(25-23(27)29,16-20-8-4-2-5-9-20)17-21-10-6-3-7-11-21/h2-11,19H,12-18H2,1H3,(H,25,29). The number of rotatable bonds is 6. The first-order chi connectivity index (χ1) is 14.1. The van der Waals surface area contributed by atoms with Crippen molar-refractivity contribution in [3.8, 4) is 0 Å². The van der Waals surface area contributed by atoms with Gasteiger partial charge in [0.1, 0.15) is 5.54 Å². The SMILES string of the molecule is CC1CCN(CN2C(=O)NC(Cc3ccccc3)(Cc3ccccc3)C2=O)CC1. The summed E-state index contributed by atoms with van der Waals surface area (Å²) in [5.74, 6) is 0.596. The summed E-state index contributed by atoms with van der Waals surface area (Å²) in [4.78, 5) is 30.1. The lowest BCUT2D eigenvalue weighted by Crippen LogP contribution is -2.51. The number of nitrogens with zero attached hydrogens (tertiary/aromatic N) is 2. The molecule has 0 aliphatic carbocycles. The summed E-state index contributed by atoms with van der Waals surface area (Å²) in [6, 6.07) is 19.6. The molecule has 2 heterocycles. The van der Waals surface area contributed by atoms with Crippen molar-refractivity contribution in [3.05, 3.63) is 71.8 Å². The van der Waals surface area contributed by atoms with Gasteiger partial charge in [-0.1, -0.05) is 67.6 Å². The zero-order valence-corrected chi connectivity index (χ0v) is 17.0. The summed E-state index contributed by atoms with van der Waals surface area (Å²) in [6.45, 7) is 4.50. The van der Waals surface area contributed by atoms with Crippen molar-refractivity contribution in [2.75, 3.05) is 19.8 Å². The number of likely N-dealkylation sites (tertiary alicyclic amines) is 1. The number of hydrogen-bond acceptors (Lipinski definition) is 3. The third-order valence-corrected chi connectivity index (χ3v) is 6.16. The number of imide groups is 1. The number of piperidine rings is 1. The molecule has 5 nitrogen and oxygen atoms in total. The highest BCUT2D eigenvalue weighted by Gasteiger charge is 2.51. The van der Waals surface area contributed by atoms with Gasteiger partial charge in [0.05, 0.1) is 6.67 Å². The van der Waals surface area contributed by atoms with Crippen LogP contribution >= 0.6 is 0 Å². The lowest BCUT2D eigenvalue weighted by molar-refractivity contribution is -0.133. The number of amides is 3. The van der Waals surface area contributed by atoms with Crippen LogP contribution in [0.15, 0.2) is 60.7 Å². The molecule has 0 atom stereocenters. The minimum Gasteiger partial charge on any atom is -0.322 e. The molecule has 2 fully saturated rings. The van der Waals surface area contributed by atoms with E-state index >= 15 is 0 Å². The highest BCUT2D eigenvalue weighted by molar-refractivity contribution is 6.07. The lowest BCUT2D eigenvalue weighted by Gasteiger charge is -2.33. The van der Waals surface area contributed by atoms with Crippen LogP contribution in [0.5, 0.6) is 0 Å². The highest BCUT2D eigenvalue weighted by Crippen LogP contribution is 2.28. The molecule has 2 aliphatic rings. The van der Waals surface area contributed by atoms with Crippen molar-refractivity contribution in [3.63, 3.8) is 0 Å². The maximum atomic E-state index is 13.6. The molecule has 2 aromatic carbocycles. The van der Waals surface area contributed by atoms with E-state index in [0.717, 1.165) is 37.1 Å². The van der Waals surface area contributed by atoms with Gasteiger partial charge in [-0.05, 0) is 29.9 Å². The van der Waals surface area contributed by atoms with E-state index < -0.39 is 5.54 Å². The number of urea groups is 1. The third kappa shape index (κ3) is 4.35. The first-order valence-corrected chi connectivity index (χ1v) is 10.5. The molecule has 0 aromatic heterocycles. The molecule has 0 radical (unpaired) electrons. The highest BCUT2D eigenvalue weighted by atomic mass is 16.2. The average Bonchev–Trinajstić information content (AvgIpc) is 2.95. The number of nitrogens with one attached hydrogen (secondary N) is 1. The Morgan fingerprint density at radius 3 is 1.93 bits per heavy atom. The molecule has 152 valence electrons. The average molecular weight is 392 g/mol. The molecule has 2 aliphatic heterocycles. The number of benzene rings is 2. The predicted molar refractivity (Wildman–Crippen MR) is 113 cm³/mol. The van der Waals surface area contributed by atoms with Crippen LogP contribution in [0.2, 0.25) is 0 Å². The molecule has 2 aromatic rings. The number of hydrogen-bond donors (Lipinski definition) is 1. The van der Waals surface area contributed by atoms with Gasteiger partial charge < -0.3 is 5.32 Å². The maximum Gasteiger partial charge on any atom is 0.326 e. The fraction of sp³-hybridized carbons (Fsp3) is 0.417. The number of carbonyl (C=O) groups excluding carboxylic acids is 2. The van der Waals surface area contributed by atoms with E-state index in [9.17, 15) is 9.59 Å². The van der Waals surface area contributed by atoms with Gasteiger partial charge in [0.15, 0.2) is 0 Å². The number of carbonyl (C=O) groups is 2. The van der Waals surface area contributed by atoms with E-state index in [1.165, 1.54) is 4.90 Å². The van der Waals surface area contributed by atoms with Crippen LogP contribution in [0.4, 0.5) is 4.79 Å². The molecule has 0 bridgehead atoms. The van der Waals surface area contributed by atoms with E-state index in [4.69, 9.17) is 0 Å². The Hall–Kier alpha value is -2.66. The van der Waals surface area contributed by atoms with Gasteiger partial charge in [-0.15, -0.1) is 0 Å². The van der Waals surface area contributed by atoms with E-state index in [1.54, 1.807) is 0 Å². The van der Waals surface area contributed by atoms with Gasteiger partial charge in [-0.3, -0.25) is 9.69 Å². The van der Waals surface area contributed by atoms with E-state index in [-0.39, 0.29) is 11.9 Å². The molecule has 3 amide bonds. The molecule has 5 heteroatoms. The van der Waals surface area contributed by atoms with E-state index in [0.29, 0.717) is 25.4 Å². The molecule has 29 heavy (non-hydrogen) atoms. The Kier molecular flexibility index (Phi) is 5.67. The van der Waals surface area contributed by atoms with Crippen LogP contribution in [-0.2, 0) is 17.6 Å². The molecule has 1 N–H and O–H groups in total. The molecule has 4 rings (SSSR count). The predicted octanol–water partition coefficient (Wildman–Crippen LogP) is 3.45. The fourth-order valence-corrected chi connectivity index (χ4v) is 4.40. The first-order valence-electron chi connectivity index (χ1n) is 10.5. The van der Waals surface area contributed by atoms with Gasteiger partial charge in [0.25, 0.3) is 5.91 Å². The summed E-state index contributed by atoms with van der Waals surface area (Å²) < 4.78 is 0. The summed E-state index contributed by atoms with van der Waals surface area (Å²) in [5.41, 5.74) is 1.15. The second-order valence-electron chi connectivity index (χ2n) is 8.51. The topological polar surface area (TPSA) is 52.6 Å². The summed E-state index contributed by atoms with van der Waals surface area (Å²) >= 11 is 0. The van der Waals surface area contributed by atoms with Crippen molar-refractivity contribution >= 4 is 11.9 Å². The summed E-state index contributed by atoms with van der Waals surface area (Å²) in [5, 5.41) is 3.07. The van der Waals surface area contributed by atoms with Crippen molar-refractivity contribution < 1.29 is 9.59 Å². The summed E-state index contributed by atoms with van der Waals surface area (Å²) in [6.07, 6.45) is 3.20.